The van der Waals surface area contributed by atoms with Crippen molar-refractivity contribution in [3.05, 3.63) is 64.8 Å². The average molecular weight is 324 g/mol. The molecule has 3 nitrogen and oxygen atoms in total. The summed E-state index contributed by atoms with van der Waals surface area (Å²) in [7, 11) is 1.87. The van der Waals surface area contributed by atoms with E-state index < -0.39 is 0 Å². The van der Waals surface area contributed by atoms with E-state index in [4.69, 9.17) is 0 Å². The van der Waals surface area contributed by atoms with Gasteiger partial charge in [0, 0.05) is 36.1 Å². The number of carbonyl (C=O) groups is 1. The molecule has 0 bridgehead atoms. The van der Waals surface area contributed by atoms with E-state index in [-0.39, 0.29) is 11.9 Å². The van der Waals surface area contributed by atoms with Crippen molar-refractivity contribution in [2.24, 2.45) is 0 Å². The summed E-state index contributed by atoms with van der Waals surface area (Å²) < 4.78 is 1.15. The SMILES string of the molecule is Cc1ccnc(C[C@@H](C)N(C)C(=O)c2cc3ccccc3s2)c1. The smallest absolute Gasteiger partial charge is 0.263 e. The van der Waals surface area contributed by atoms with Crippen LogP contribution in [-0.4, -0.2) is 28.9 Å². The lowest BCUT2D eigenvalue weighted by Gasteiger charge is -2.24. The van der Waals surface area contributed by atoms with Gasteiger partial charge >= 0.3 is 0 Å². The van der Waals surface area contributed by atoms with Gasteiger partial charge in [0.25, 0.3) is 5.91 Å². The van der Waals surface area contributed by atoms with Crippen molar-refractivity contribution in [3.63, 3.8) is 0 Å². The Labute approximate surface area is 140 Å². The van der Waals surface area contributed by atoms with Crippen LogP contribution in [0, 0.1) is 6.92 Å². The summed E-state index contributed by atoms with van der Waals surface area (Å²) in [5, 5.41) is 1.13. The Bertz CT molecular complexity index is 807. The molecule has 0 saturated heterocycles. The Morgan fingerprint density at radius 3 is 2.78 bits per heavy atom. The minimum Gasteiger partial charge on any atom is -0.338 e. The van der Waals surface area contributed by atoms with E-state index in [1.165, 1.54) is 5.56 Å². The molecule has 0 fully saturated rings. The maximum Gasteiger partial charge on any atom is 0.263 e. The van der Waals surface area contributed by atoms with Crippen LogP contribution in [-0.2, 0) is 6.42 Å². The lowest BCUT2D eigenvalue weighted by molar-refractivity contribution is 0.0748. The molecular weight excluding hydrogens is 304 g/mol. The van der Waals surface area contributed by atoms with Crippen LogP contribution in [0.15, 0.2) is 48.7 Å². The van der Waals surface area contributed by atoms with E-state index in [1.54, 1.807) is 11.3 Å². The fraction of sp³-hybridized carbons (Fsp3) is 0.263. The van der Waals surface area contributed by atoms with Crippen LogP contribution in [0.1, 0.15) is 27.9 Å². The van der Waals surface area contributed by atoms with Gasteiger partial charge < -0.3 is 4.90 Å². The van der Waals surface area contributed by atoms with Gasteiger partial charge in [-0.1, -0.05) is 18.2 Å². The summed E-state index contributed by atoms with van der Waals surface area (Å²) in [6.45, 7) is 4.12. The van der Waals surface area contributed by atoms with Crippen LogP contribution in [0.4, 0.5) is 0 Å². The Kier molecular flexibility index (Phi) is 4.44. The summed E-state index contributed by atoms with van der Waals surface area (Å²) >= 11 is 1.55. The number of aromatic nitrogens is 1. The third kappa shape index (κ3) is 3.42. The molecule has 0 radical (unpaired) electrons. The van der Waals surface area contributed by atoms with Crippen LogP contribution in [0.3, 0.4) is 0 Å². The number of hydrogen-bond donors (Lipinski definition) is 0. The minimum absolute atomic E-state index is 0.0753. The Morgan fingerprint density at radius 2 is 2.04 bits per heavy atom. The average Bonchev–Trinajstić information content (AvgIpc) is 2.97. The fourth-order valence-corrected chi connectivity index (χ4v) is 3.66. The van der Waals surface area contributed by atoms with Crippen molar-refractivity contribution in [2.45, 2.75) is 26.3 Å². The number of rotatable bonds is 4. The number of benzene rings is 1. The lowest BCUT2D eigenvalue weighted by atomic mass is 10.1. The molecule has 0 aliphatic rings. The molecule has 0 N–H and O–H groups in total. The topological polar surface area (TPSA) is 33.2 Å². The van der Waals surface area contributed by atoms with Crippen LogP contribution >= 0.6 is 11.3 Å². The molecule has 1 amide bonds. The monoisotopic (exact) mass is 324 g/mol. The van der Waals surface area contributed by atoms with Crippen molar-refractivity contribution in [1.82, 2.24) is 9.88 Å². The minimum atomic E-state index is 0.0753. The predicted molar refractivity (Wildman–Crippen MR) is 96.1 cm³/mol. The van der Waals surface area contributed by atoms with Crippen molar-refractivity contribution in [3.8, 4) is 0 Å². The molecule has 0 spiro atoms. The van der Waals surface area contributed by atoms with Crippen molar-refractivity contribution in [2.75, 3.05) is 7.05 Å². The second kappa shape index (κ2) is 6.50. The fourth-order valence-electron chi connectivity index (χ4n) is 2.61. The van der Waals surface area contributed by atoms with Crippen LogP contribution in [0.2, 0.25) is 0 Å². The number of fused-ring (bicyclic) bond motifs is 1. The molecule has 2 heterocycles. The normalized spacial score (nSPS) is 12.3. The standard InChI is InChI=1S/C19H20N2OS/c1-13-8-9-20-16(10-13)11-14(2)21(3)19(22)18-12-15-6-4-5-7-17(15)23-18/h4-10,12,14H,11H2,1-3H3/t14-/m1/s1. The van der Waals surface area contributed by atoms with Gasteiger partial charge in [-0.05, 0) is 49.1 Å². The predicted octanol–water partition coefficient (Wildman–Crippen LogP) is 4.31. The van der Waals surface area contributed by atoms with Gasteiger partial charge in [0.2, 0.25) is 0 Å². The molecule has 0 saturated carbocycles. The maximum absolute atomic E-state index is 12.7. The van der Waals surface area contributed by atoms with Gasteiger partial charge in [-0.3, -0.25) is 9.78 Å². The quantitative estimate of drug-likeness (QED) is 0.716. The van der Waals surface area contributed by atoms with Gasteiger partial charge in [-0.2, -0.15) is 0 Å². The summed E-state index contributed by atoms with van der Waals surface area (Å²) in [6, 6.07) is 14.2. The summed E-state index contributed by atoms with van der Waals surface area (Å²) in [5.41, 5.74) is 2.22. The molecule has 1 atom stereocenters. The largest absolute Gasteiger partial charge is 0.338 e. The molecule has 2 aromatic heterocycles. The number of thiophene rings is 1. The van der Waals surface area contributed by atoms with Crippen molar-refractivity contribution in [1.29, 1.82) is 0 Å². The number of amides is 1. The number of hydrogen-bond acceptors (Lipinski definition) is 3. The molecule has 3 rings (SSSR count). The first-order chi connectivity index (χ1) is 11.0. The zero-order valence-corrected chi connectivity index (χ0v) is 14.4. The Morgan fingerprint density at radius 1 is 1.26 bits per heavy atom. The van der Waals surface area contributed by atoms with E-state index in [9.17, 15) is 4.79 Å². The van der Waals surface area contributed by atoms with E-state index in [1.807, 2.05) is 48.5 Å². The molecule has 0 unspecified atom stereocenters. The van der Waals surface area contributed by atoms with Gasteiger partial charge in [0.05, 0.1) is 4.88 Å². The highest BCUT2D eigenvalue weighted by atomic mass is 32.1. The second-order valence-electron chi connectivity index (χ2n) is 5.94. The maximum atomic E-state index is 12.7. The number of pyridine rings is 1. The third-order valence-electron chi connectivity index (χ3n) is 4.09. The zero-order chi connectivity index (χ0) is 16.4. The number of likely N-dealkylation sites (N-methyl/N-ethyl adjacent to an activating group) is 1. The summed E-state index contributed by atoms with van der Waals surface area (Å²) in [6.07, 6.45) is 2.58. The van der Waals surface area contributed by atoms with Gasteiger partial charge in [-0.15, -0.1) is 11.3 Å². The first-order valence-electron chi connectivity index (χ1n) is 7.72. The molecule has 3 aromatic rings. The van der Waals surface area contributed by atoms with Gasteiger partial charge in [0.1, 0.15) is 0 Å². The van der Waals surface area contributed by atoms with E-state index in [0.717, 1.165) is 27.1 Å². The van der Waals surface area contributed by atoms with Gasteiger partial charge in [0.15, 0.2) is 0 Å². The Balaban J connectivity index is 1.75. The molecule has 4 heteroatoms. The molecule has 1 aromatic carbocycles. The highest BCUT2D eigenvalue weighted by Crippen LogP contribution is 2.26. The lowest BCUT2D eigenvalue weighted by Crippen LogP contribution is -2.36. The van der Waals surface area contributed by atoms with E-state index >= 15 is 0 Å². The van der Waals surface area contributed by atoms with E-state index in [2.05, 4.69) is 31.0 Å². The molecular formula is C19H20N2OS. The van der Waals surface area contributed by atoms with E-state index in [0.29, 0.717) is 0 Å². The van der Waals surface area contributed by atoms with Crippen molar-refractivity contribution < 1.29 is 4.79 Å². The Hall–Kier alpha value is -2.20. The summed E-state index contributed by atoms with van der Waals surface area (Å²) in [4.78, 5) is 19.7. The van der Waals surface area contributed by atoms with Gasteiger partial charge in [-0.25, -0.2) is 0 Å². The number of nitrogens with zero attached hydrogens (tertiary/aromatic N) is 2. The highest BCUT2D eigenvalue weighted by molar-refractivity contribution is 7.20. The second-order valence-corrected chi connectivity index (χ2v) is 7.03. The highest BCUT2D eigenvalue weighted by Gasteiger charge is 2.20. The molecule has 0 aliphatic carbocycles. The molecule has 118 valence electrons. The first-order valence-corrected chi connectivity index (χ1v) is 8.53. The first kappa shape index (κ1) is 15.7. The number of carbonyl (C=O) groups excluding carboxylic acids is 1. The zero-order valence-electron chi connectivity index (χ0n) is 13.6. The summed E-state index contributed by atoms with van der Waals surface area (Å²) in [5.74, 6) is 0.0753. The molecule has 23 heavy (non-hydrogen) atoms. The number of aryl methyl sites for hydroxylation is 1. The van der Waals surface area contributed by atoms with Crippen LogP contribution < -0.4 is 0 Å². The van der Waals surface area contributed by atoms with Crippen LogP contribution in [0.25, 0.3) is 10.1 Å². The van der Waals surface area contributed by atoms with Crippen molar-refractivity contribution >= 4 is 27.3 Å². The third-order valence-corrected chi connectivity index (χ3v) is 5.20. The molecule has 0 aliphatic heterocycles. The van der Waals surface area contributed by atoms with Crippen LogP contribution in [0.5, 0.6) is 0 Å².